The van der Waals surface area contributed by atoms with Gasteiger partial charge in [-0.1, -0.05) is 0 Å². The fourth-order valence-corrected chi connectivity index (χ4v) is 4.96. The van der Waals surface area contributed by atoms with Crippen LogP contribution < -0.4 is 10.2 Å². The summed E-state index contributed by atoms with van der Waals surface area (Å²) < 4.78 is 40.1. The molecule has 1 saturated heterocycles. The van der Waals surface area contributed by atoms with Crippen LogP contribution in [0.5, 0.6) is 0 Å². The summed E-state index contributed by atoms with van der Waals surface area (Å²) in [6, 6.07) is 10.5. The molecule has 1 aliphatic heterocycles. The molecule has 1 atom stereocenters. The molecule has 1 N–H and O–H groups in total. The monoisotopic (exact) mass is 419 g/mol. The van der Waals surface area contributed by atoms with Gasteiger partial charge in [-0.25, -0.2) is 12.8 Å². The highest BCUT2D eigenvalue weighted by Gasteiger charge is 2.33. The van der Waals surface area contributed by atoms with Crippen LogP contribution in [0.3, 0.4) is 0 Å². The lowest BCUT2D eigenvalue weighted by molar-refractivity contribution is -0.120. The first-order valence-electron chi connectivity index (χ1n) is 9.53. The number of benzene rings is 2. The molecule has 0 aromatic heterocycles. The van der Waals surface area contributed by atoms with E-state index in [0.29, 0.717) is 19.4 Å². The number of carbonyl (C=O) groups is 1. The number of nitrogens with one attached hydrogen (secondary N) is 1. The van der Waals surface area contributed by atoms with Crippen LogP contribution in [-0.4, -0.2) is 45.8 Å². The van der Waals surface area contributed by atoms with Crippen molar-refractivity contribution in [1.29, 1.82) is 0 Å². The second-order valence-corrected chi connectivity index (χ2v) is 9.48. The molecule has 0 aliphatic carbocycles. The Morgan fingerprint density at radius 2 is 1.86 bits per heavy atom. The van der Waals surface area contributed by atoms with Gasteiger partial charge in [-0.2, -0.15) is 4.31 Å². The van der Waals surface area contributed by atoms with E-state index in [0.717, 1.165) is 29.1 Å². The number of hydrogen-bond donors (Lipinski definition) is 1. The Morgan fingerprint density at radius 1 is 1.17 bits per heavy atom. The molecule has 2 aromatic rings. The Labute approximate surface area is 171 Å². The summed E-state index contributed by atoms with van der Waals surface area (Å²) in [5.41, 5.74) is 2.70. The fraction of sp³-hybridized carbons (Fsp3) is 0.381. The van der Waals surface area contributed by atoms with E-state index in [2.05, 4.69) is 5.32 Å². The van der Waals surface area contributed by atoms with Gasteiger partial charge < -0.3 is 10.2 Å². The molecule has 8 heteroatoms. The summed E-state index contributed by atoms with van der Waals surface area (Å²) in [7, 11) is 0.139. The van der Waals surface area contributed by atoms with Gasteiger partial charge in [-0.15, -0.1) is 0 Å². The molecule has 1 amide bonds. The third-order valence-electron chi connectivity index (χ3n) is 5.19. The number of anilines is 2. The topological polar surface area (TPSA) is 69.7 Å². The molecule has 0 bridgehead atoms. The van der Waals surface area contributed by atoms with Crippen molar-refractivity contribution >= 4 is 27.3 Å². The Balaban J connectivity index is 1.72. The highest BCUT2D eigenvalue weighted by molar-refractivity contribution is 7.89. The van der Waals surface area contributed by atoms with Gasteiger partial charge in [0.15, 0.2) is 0 Å². The number of amides is 1. The third kappa shape index (κ3) is 4.76. The smallest absolute Gasteiger partial charge is 0.243 e. The van der Waals surface area contributed by atoms with Gasteiger partial charge in [0, 0.05) is 38.6 Å². The number of rotatable bonds is 5. The molecule has 156 valence electrons. The van der Waals surface area contributed by atoms with Crippen molar-refractivity contribution in [1.82, 2.24) is 4.31 Å². The minimum absolute atomic E-state index is 0.0371. The van der Waals surface area contributed by atoms with Crippen molar-refractivity contribution in [3.05, 3.63) is 53.8 Å². The zero-order valence-electron chi connectivity index (χ0n) is 16.9. The van der Waals surface area contributed by atoms with Crippen LogP contribution in [0, 0.1) is 18.7 Å². The van der Waals surface area contributed by atoms with Crippen molar-refractivity contribution in [3.8, 4) is 0 Å². The zero-order valence-corrected chi connectivity index (χ0v) is 17.7. The van der Waals surface area contributed by atoms with E-state index >= 15 is 0 Å². The van der Waals surface area contributed by atoms with Gasteiger partial charge in [0.1, 0.15) is 5.82 Å². The van der Waals surface area contributed by atoms with E-state index in [1.807, 2.05) is 44.1 Å². The van der Waals surface area contributed by atoms with Crippen LogP contribution in [0.4, 0.5) is 15.8 Å². The van der Waals surface area contributed by atoms with Gasteiger partial charge in [0.2, 0.25) is 15.9 Å². The molecule has 29 heavy (non-hydrogen) atoms. The van der Waals surface area contributed by atoms with Crippen LogP contribution in [0.2, 0.25) is 0 Å². The minimum atomic E-state index is -3.76. The molecule has 1 fully saturated rings. The normalized spacial score (nSPS) is 17.7. The zero-order chi connectivity index (χ0) is 21.2. The summed E-state index contributed by atoms with van der Waals surface area (Å²) in [4.78, 5) is 14.8. The molecular formula is C21H26FN3O3S. The molecule has 0 saturated carbocycles. The standard InChI is InChI=1S/C21H26FN3O3S/c1-15-13-18(24(2)3)8-11-20(15)23-21(26)16-5-4-12-25(14-16)29(27,28)19-9-6-17(22)7-10-19/h6-11,13,16H,4-5,12,14H2,1-3H3,(H,23,26). The quantitative estimate of drug-likeness (QED) is 0.808. The molecule has 1 aliphatic rings. The SMILES string of the molecule is Cc1cc(N(C)C)ccc1NC(=O)C1CCCN(S(=O)(=O)c2ccc(F)cc2)C1. The van der Waals surface area contributed by atoms with Crippen LogP contribution in [0.1, 0.15) is 18.4 Å². The van der Waals surface area contributed by atoms with Crippen LogP contribution in [-0.2, 0) is 14.8 Å². The maximum Gasteiger partial charge on any atom is 0.243 e. The second kappa shape index (κ2) is 8.51. The third-order valence-corrected chi connectivity index (χ3v) is 7.07. The van der Waals surface area contributed by atoms with E-state index in [1.165, 1.54) is 16.4 Å². The Hall–Kier alpha value is -2.45. The summed E-state index contributed by atoms with van der Waals surface area (Å²) in [6.07, 6.45) is 1.22. The predicted molar refractivity (Wildman–Crippen MR) is 112 cm³/mol. The molecule has 0 spiro atoms. The highest BCUT2D eigenvalue weighted by atomic mass is 32.2. The second-order valence-electron chi connectivity index (χ2n) is 7.54. The first-order valence-corrected chi connectivity index (χ1v) is 11.0. The Morgan fingerprint density at radius 3 is 2.48 bits per heavy atom. The maximum absolute atomic E-state index is 13.1. The van der Waals surface area contributed by atoms with E-state index in [4.69, 9.17) is 0 Å². The van der Waals surface area contributed by atoms with Crippen LogP contribution in [0.25, 0.3) is 0 Å². The van der Waals surface area contributed by atoms with Crippen molar-refractivity contribution in [2.75, 3.05) is 37.4 Å². The largest absolute Gasteiger partial charge is 0.378 e. The maximum atomic E-state index is 13.1. The summed E-state index contributed by atoms with van der Waals surface area (Å²) in [6.45, 7) is 2.38. The lowest BCUT2D eigenvalue weighted by Crippen LogP contribution is -2.43. The van der Waals surface area contributed by atoms with Gasteiger partial charge in [-0.05, 0) is 67.8 Å². The summed E-state index contributed by atoms with van der Waals surface area (Å²) in [5.74, 6) is -1.12. The fourth-order valence-electron chi connectivity index (χ4n) is 3.43. The first-order chi connectivity index (χ1) is 13.7. The Kier molecular flexibility index (Phi) is 6.24. The number of sulfonamides is 1. The Bertz CT molecular complexity index is 991. The number of aryl methyl sites for hydroxylation is 1. The average molecular weight is 420 g/mol. The number of piperidine rings is 1. The molecular weight excluding hydrogens is 393 g/mol. The number of hydrogen-bond acceptors (Lipinski definition) is 4. The predicted octanol–water partition coefficient (Wildman–Crippen LogP) is 3.24. The van der Waals surface area contributed by atoms with Gasteiger partial charge >= 0.3 is 0 Å². The van der Waals surface area contributed by atoms with E-state index in [1.54, 1.807) is 0 Å². The average Bonchev–Trinajstić information content (AvgIpc) is 2.69. The molecule has 2 aromatic carbocycles. The molecule has 6 nitrogen and oxygen atoms in total. The van der Waals surface area contributed by atoms with E-state index in [-0.39, 0.29) is 17.3 Å². The molecule has 1 unspecified atom stereocenters. The van der Waals surface area contributed by atoms with Gasteiger partial charge in [0.05, 0.1) is 10.8 Å². The number of halogens is 1. The lowest BCUT2D eigenvalue weighted by Gasteiger charge is -2.31. The van der Waals surface area contributed by atoms with Crippen molar-refractivity contribution < 1.29 is 17.6 Å². The van der Waals surface area contributed by atoms with Gasteiger partial charge in [0.25, 0.3) is 0 Å². The van der Waals surface area contributed by atoms with Crippen molar-refractivity contribution in [2.24, 2.45) is 5.92 Å². The van der Waals surface area contributed by atoms with Crippen molar-refractivity contribution in [3.63, 3.8) is 0 Å². The molecule has 3 rings (SSSR count). The van der Waals surface area contributed by atoms with Crippen LogP contribution in [0.15, 0.2) is 47.4 Å². The number of carbonyl (C=O) groups excluding carboxylic acids is 1. The van der Waals surface area contributed by atoms with Crippen molar-refractivity contribution in [2.45, 2.75) is 24.7 Å². The number of nitrogens with zero attached hydrogens (tertiary/aromatic N) is 2. The summed E-state index contributed by atoms with van der Waals surface area (Å²) in [5, 5.41) is 2.94. The van der Waals surface area contributed by atoms with Gasteiger partial charge in [-0.3, -0.25) is 4.79 Å². The summed E-state index contributed by atoms with van der Waals surface area (Å²) >= 11 is 0. The highest BCUT2D eigenvalue weighted by Crippen LogP contribution is 2.26. The lowest BCUT2D eigenvalue weighted by atomic mass is 9.98. The minimum Gasteiger partial charge on any atom is -0.378 e. The molecule has 1 heterocycles. The van der Waals surface area contributed by atoms with Crippen LogP contribution >= 0.6 is 0 Å². The first kappa shape index (κ1) is 21.3. The molecule has 0 radical (unpaired) electrons. The van der Waals surface area contributed by atoms with E-state index in [9.17, 15) is 17.6 Å². The van der Waals surface area contributed by atoms with E-state index < -0.39 is 21.8 Å².